The summed E-state index contributed by atoms with van der Waals surface area (Å²) in [6.45, 7) is 6.33. The zero-order valence-corrected chi connectivity index (χ0v) is 15.6. The van der Waals surface area contributed by atoms with Crippen LogP contribution in [0.3, 0.4) is 0 Å². The first-order valence-electron chi connectivity index (χ1n) is 9.33. The summed E-state index contributed by atoms with van der Waals surface area (Å²) in [5, 5.41) is 0. The van der Waals surface area contributed by atoms with Crippen molar-refractivity contribution in [2.75, 3.05) is 27.1 Å². The first-order valence-corrected chi connectivity index (χ1v) is 9.33. The summed E-state index contributed by atoms with van der Waals surface area (Å²) in [5.74, 6) is 0. The molecule has 0 N–H and O–H groups in total. The number of hydrogen-bond donors (Lipinski definition) is 0. The van der Waals surface area contributed by atoms with E-state index in [9.17, 15) is 0 Å². The molecule has 0 amide bonds. The highest BCUT2D eigenvalue weighted by molar-refractivity contribution is 4.73. The Kier molecular flexibility index (Phi) is 19.0. The second-order valence-corrected chi connectivity index (χ2v) is 5.81. The van der Waals surface area contributed by atoms with Crippen molar-refractivity contribution in [1.82, 2.24) is 0 Å². The highest BCUT2D eigenvalue weighted by Gasteiger charge is 2.08. The lowest BCUT2D eigenvalue weighted by molar-refractivity contribution is -0.146. The smallest absolute Gasteiger partial charge is 0.187 e. The fourth-order valence-electron chi connectivity index (χ4n) is 2.18. The molecular formula is C19H38O4. The van der Waals surface area contributed by atoms with Gasteiger partial charge in [0.15, 0.2) is 13.1 Å². The molecule has 0 rings (SSSR count). The van der Waals surface area contributed by atoms with Crippen molar-refractivity contribution in [1.29, 1.82) is 0 Å². The molecule has 0 aliphatic carbocycles. The summed E-state index contributed by atoms with van der Waals surface area (Å²) in [6, 6.07) is 0. The molecular weight excluding hydrogens is 292 g/mol. The van der Waals surface area contributed by atoms with E-state index in [-0.39, 0.29) is 6.29 Å². The monoisotopic (exact) mass is 330 g/mol. The van der Waals surface area contributed by atoms with E-state index in [1.165, 1.54) is 38.5 Å². The van der Waals surface area contributed by atoms with Gasteiger partial charge in [0.25, 0.3) is 0 Å². The molecule has 0 aromatic rings. The molecule has 4 heteroatoms. The number of unbranched alkanes of at least 4 members (excludes halogenated alkanes) is 6. The fraction of sp³-hybridized carbons (Fsp3) is 0.895. The van der Waals surface area contributed by atoms with Gasteiger partial charge in [0.05, 0.1) is 6.26 Å². The molecule has 0 aliphatic rings. The minimum Gasteiger partial charge on any atom is -0.476 e. The van der Waals surface area contributed by atoms with Gasteiger partial charge in [0.1, 0.15) is 0 Å². The third-order valence-corrected chi connectivity index (χ3v) is 3.55. The molecule has 0 aliphatic heterocycles. The second-order valence-electron chi connectivity index (χ2n) is 5.81. The molecule has 0 aromatic heterocycles. The Hall–Kier alpha value is -0.580. The van der Waals surface area contributed by atoms with Gasteiger partial charge in [-0.2, -0.15) is 0 Å². The quantitative estimate of drug-likeness (QED) is 0.191. The summed E-state index contributed by atoms with van der Waals surface area (Å²) in [7, 11) is 1.61. The highest BCUT2D eigenvalue weighted by atomic mass is 16.7. The van der Waals surface area contributed by atoms with Crippen LogP contribution in [0, 0.1) is 0 Å². The lowest BCUT2D eigenvalue weighted by Crippen LogP contribution is -2.18. The topological polar surface area (TPSA) is 36.9 Å². The molecule has 0 heterocycles. The standard InChI is InChI=1S/C19H38O4/c1-4-6-8-11-16-22-19(23-17-12-9-7-5-2)14-10-13-15-21-18-20-3/h13,15,19H,4-12,14,16-18H2,1-3H3. The van der Waals surface area contributed by atoms with Crippen molar-refractivity contribution < 1.29 is 18.9 Å². The first-order chi connectivity index (χ1) is 11.3. The predicted octanol–water partition coefficient (Wildman–Crippen LogP) is 5.42. The van der Waals surface area contributed by atoms with Crippen molar-refractivity contribution in [3.05, 3.63) is 12.3 Å². The maximum atomic E-state index is 5.90. The third kappa shape index (κ3) is 17.6. The van der Waals surface area contributed by atoms with E-state index in [2.05, 4.69) is 13.8 Å². The number of allylic oxidation sites excluding steroid dienone is 1. The SMILES string of the molecule is CCCCCCOC(CCC=COCOC)OCCCCCC. The predicted molar refractivity (Wildman–Crippen MR) is 95.3 cm³/mol. The molecule has 0 unspecified atom stereocenters. The molecule has 0 radical (unpaired) electrons. The van der Waals surface area contributed by atoms with E-state index >= 15 is 0 Å². The summed E-state index contributed by atoms with van der Waals surface area (Å²) in [4.78, 5) is 0. The molecule has 0 saturated carbocycles. The molecule has 138 valence electrons. The van der Waals surface area contributed by atoms with Crippen LogP contribution in [0.1, 0.15) is 78.1 Å². The molecule has 4 nitrogen and oxygen atoms in total. The Balaban J connectivity index is 3.83. The minimum absolute atomic E-state index is 0.0923. The Bertz CT molecular complexity index is 230. The molecule has 23 heavy (non-hydrogen) atoms. The van der Waals surface area contributed by atoms with Gasteiger partial charge in [-0.05, 0) is 25.3 Å². The molecule has 0 fully saturated rings. The molecule has 0 atom stereocenters. The number of rotatable bonds is 18. The average molecular weight is 331 g/mol. The van der Waals surface area contributed by atoms with Crippen molar-refractivity contribution in [3.63, 3.8) is 0 Å². The zero-order valence-electron chi connectivity index (χ0n) is 15.6. The summed E-state index contributed by atoms with van der Waals surface area (Å²) in [6.07, 6.45) is 15.1. The zero-order chi connectivity index (χ0) is 17.0. The highest BCUT2D eigenvalue weighted by Crippen LogP contribution is 2.10. The van der Waals surface area contributed by atoms with Crippen LogP contribution in [-0.2, 0) is 18.9 Å². The first kappa shape index (κ1) is 22.4. The van der Waals surface area contributed by atoms with Crippen molar-refractivity contribution in [3.8, 4) is 0 Å². The van der Waals surface area contributed by atoms with Crippen molar-refractivity contribution >= 4 is 0 Å². The van der Waals surface area contributed by atoms with Crippen molar-refractivity contribution in [2.24, 2.45) is 0 Å². The van der Waals surface area contributed by atoms with Gasteiger partial charge in [-0.15, -0.1) is 0 Å². The van der Waals surface area contributed by atoms with Gasteiger partial charge >= 0.3 is 0 Å². The van der Waals surface area contributed by atoms with E-state index in [1.807, 2.05) is 6.08 Å². The third-order valence-electron chi connectivity index (χ3n) is 3.55. The van der Waals surface area contributed by atoms with E-state index in [0.717, 1.165) is 38.9 Å². The van der Waals surface area contributed by atoms with Gasteiger partial charge in [-0.1, -0.05) is 52.4 Å². The summed E-state index contributed by atoms with van der Waals surface area (Å²) in [5.41, 5.74) is 0. The van der Waals surface area contributed by atoms with Crippen LogP contribution in [0.15, 0.2) is 12.3 Å². The normalized spacial score (nSPS) is 11.7. The number of methoxy groups -OCH3 is 1. The van der Waals surface area contributed by atoms with Crippen LogP contribution in [0.4, 0.5) is 0 Å². The van der Waals surface area contributed by atoms with Gasteiger partial charge in [0.2, 0.25) is 0 Å². The van der Waals surface area contributed by atoms with Gasteiger partial charge in [-0.3, -0.25) is 0 Å². The van der Waals surface area contributed by atoms with E-state index in [4.69, 9.17) is 18.9 Å². The Morgan fingerprint density at radius 1 is 0.826 bits per heavy atom. The molecule has 0 spiro atoms. The number of hydrogen-bond acceptors (Lipinski definition) is 4. The van der Waals surface area contributed by atoms with Crippen molar-refractivity contribution in [2.45, 2.75) is 84.3 Å². The van der Waals surface area contributed by atoms with Crippen LogP contribution >= 0.6 is 0 Å². The molecule has 0 saturated heterocycles. The lowest BCUT2D eigenvalue weighted by atomic mass is 10.2. The van der Waals surface area contributed by atoms with Crippen LogP contribution in [0.25, 0.3) is 0 Å². The van der Waals surface area contributed by atoms with E-state index in [1.54, 1.807) is 13.4 Å². The fourth-order valence-corrected chi connectivity index (χ4v) is 2.18. The molecule has 0 bridgehead atoms. The van der Waals surface area contributed by atoms with E-state index in [0.29, 0.717) is 6.79 Å². The summed E-state index contributed by atoms with van der Waals surface area (Å²) < 4.78 is 21.8. The maximum absolute atomic E-state index is 5.90. The maximum Gasteiger partial charge on any atom is 0.187 e. The van der Waals surface area contributed by atoms with Gasteiger partial charge in [0, 0.05) is 26.7 Å². The van der Waals surface area contributed by atoms with Gasteiger partial charge < -0.3 is 18.9 Å². The second kappa shape index (κ2) is 19.5. The minimum atomic E-state index is -0.0923. The Morgan fingerprint density at radius 3 is 1.96 bits per heavy atom. The van der Waals surface area contributed by atoms with Crippen LogP contribution in [0.2, 0.25) is 0 Å². The van der Waals surface area contributed by atoms with Crippen LogP contribution in [0.5, 0.6) is 0 Å². The number of ether oxygens (including phenoxy) is 4. The molecule has 0 aromatic carbocycles. The summed E-state index contributed by atoms with van der Waals surface area (Å²) >= 11 is 0. The van der Waals surface area contributed by atoms with Crippen LogP contribution in [-0.4, -0.2) is 33.4 Å². The van der Waals surface area contributed by atoms with Gasteiger partial charge in [-0.25, -0.2) is 0 Å². The Morgan fingerprint density at radius 2 is 1.43 bits per heavy atom. The lowest BCUT2D eigenvalue weighted by Gasteiger charge is -2.18. The van der Waals surface area contributed by atoms with Crippen LogP contribution < -0.4 is 0 Å². The van der Waals surface area contributed by atoms with E-state index < -0.39 is 0 Å². The Labute approximate surface area is 143 Å². The average Bonchev–Trinajstić information content (AvgIpc) is 2.56. The largest absolute Gasteiger partial charge is 0.476 e.